The Labute approximate surface area is 182 Å². The molecule has 1 saturated carbocycles. The van der Waals surface area contributed by atoms with Crippen LogP contribution in [0.1, 0.15) is 30.4 Å². The molecule has 2 aromatic carbocycles. The Morgan fingerprint density at radius 2 is 1.93 bits per heavy atom. The van der Waals surface area contributed by atoms with Crippen LogP contribution in [0, 0.1) is 5.92 Å². The highest BCUT2D eigenvalue weighted by molar-refractivity contribution is 6.31. The maximum Gasteiger partial charge on any atom is 0.228 e. The molecule has 1 aliphatic rings. The molecule has 160 valence electrons. The molecular formula is C23H28ClN3O3. The van der Waals surface area contributed by atoms with E-state index in [-0.39, 0.29) is 24.2 Å². The van der Waals surface area contributed by atoms with Gasteiger partial charge < -0.3 is 20.7 Å². The van der Waals surface area contributed by atoms with Gasteiger partial charge >= 0.3 is 0 Å². The van der Waals surface area contributed by atoms with Gasteiger partial charge in [0.25, 0.3) is 0 Å². The minimum atomic E-state index is -0.123. The molecule has 1 fully saturated rings. The minimum absolute atomic E-state index is 0.123. The number of carbonyl (C=O) groups excluding carboxylic acids is 2. The molecule has 0 aliphatic heterocycles. The standard InChI is InChI=1S/C23H28ClN3O3/c1-30-20-8-3-16(4-9-20)13-22(28)26-19-7-10-21(24)18(14-19)15-27(12-2-11-25)23(29)17-5-6-17/h3-4,7-10,14,17H,2,5-6,11-13,15,25H2,1H3,(H,26,28). The quantitative estimate of drug-likeness (QED) is 0.604. The molecule has 0 bridgehead atoms. The number of halogens is 1. The van der Waals surface area contributed by atoms with E-state index in [1.165, 1.54) is 0 Å². The Kier molecular flexibility index (Phi) is 7.71. The predicted molar refractivity (Wildman–Crippen MR) is 119 cm³/mol. The number of nitrogens with two attached hydrogens (primary N) is 1. The number of anilines is 1. The van der Waals surface area contributed by atoms with Gasteiger partial charge in [-0.1, -0.05) is 23.7 Å². The molecule has 0 spiro atoms. The van der Waals surface area contributed by atoms with Crippen LogP contribution in [0.25, 0.3) is 0 Å². The van der Waals surface area contributed by atoms with Crippen molar-refractivity contribution in [2.75, 3.05) is 25.5 Å². The molecule has 2 aromatic rings. The Hall–Kier alpha value is -2.57. The number of rotatable bonds is 10. The van der Waals surface area contributed by atoms with Crippen molar-refractivity contribution in [2.45, 2.75) is 32.2 Å². The summed E-state index contributed by atoms with van der Waals surface area (Å²) in [6.45, 7) is 1.55. The lowest BCUT2D eigenvalue weighted by Crippen LogP contribution is -2.33. The summed E-state index contributed by atoms with van der Waals surface area (Å²) in [5.41, 5.74) is 7.99. The van der Waals surface area contributed by atoms with Crippen LogP contribution in [0.15, 0.2) is 42.5 Å². The summed E-state index contributed by atoms with van der Waals surface area (Å²) in [6.07, 6.45) is 2.90. The zero-order valence-corrected chi connectivity index (χ0v) is 18.0. The first-order valence-electron chi connectivity index (χ1n) is 10.2. The molecule has 3 rings (SSSR count). The number of amides is 2. The van der Waals surface area contributed by atoms with Crippen LogP contribution in [0.5, 0.6) is 5.75 Å². The maximum atomic E-state index is 12.6. The largest absolute Gasteiger partial charge is 0.497 e. The lowest BCUT2D eigenvalue weighted by atomic mass is 10.1. The number of ether oxygens (including phenoxy) is 1. The van der Waals surface area contributed by atoms with Crippen molar-refractivity contribution in [3.63, 3.8) is 0 Å². The SMILES string of the molecule is COc1ccc(CC(=O)Nc2ccc(Cl)c(CN(CCCN)C(=O)C3CC3)c2)cc1. The molecule has 1 aliphatic carbocycles. The lowest BCUT2D eigenvalue weighted by Gasteiger charge is -2.23. The molecule has 0 unspecified atom stereocenters. The molecule has 0 radical (unpaired) electrons. The van der Waals surface area contributed by atoms with Crippen LogP contribution < -0.4 is 15.8 Å². The average Bonchev–Trinajstić information content (AvgIpc) is 3.58. The van der Waals surface area contributed by atoms with Crippen molar-refractivity contribution in [1.82, 2.24) is 4.90 Å². The van der Waals surface area contributed by atoms with E-state index in [2.05, 4.69) is 5.32 Å². The van der Waals surface area contributed by atoms with Crippen LogP contribution in [-0.2, 0) is 22.6 Å². The molecule has 2 amide bonds. The lowest BCUT2D eigenvalue weighted by molar-refractivity contribution is -0.133. The van der Waals surface area contributed by atoms with Crippen LogP contribution in [0.4, 0.5) is 5.69 Å². The molecule has 7 heteroatoms. The second kappa shape index (κ2) is 10.5. The van der Waals surface area contributed by atoms with E-state index < -0.39 is 0 Å². The molecule has 0 atom stereocenters. The van der Waals surface area contributed by atoms with Crippen LogP contribution in [-0.4, -0.2) is 36.9 Å². The Bertz CT molecular complexity index is 882. The van der Waals surface area contributed by atoms with Gasteiger partial charge in [0.05, 0.1) is 13.5 Å². The monoisotopic (exact) mass is 429 g/mol. The van der Waals surface area contributed by atoms with Crippen molar-refractivity contribution in [3.8, 4) is 5.75 Å². The summed E-state index contributed by atoms with van der Waals surface area (Å²) in [7, 11) is 1.61. The number of nitrogens with zero attached hydrogens (tertiary/aromatic N) is 1. The Morgan fingerprint density at radius 1 is 1.20 bits per heavy atom. The third-order valence-electron chi connectivity index (χ3n) is 5.08. The van der Waals surface area contributed by atoms with Gasteiger partial charge in [0.15, 0.2) is 0 Å². The highest BCUT2D eigenvalue weighted by Gasteiger charge is 2.33. The zero-order chi connectivity index (χ0) is 21.5. The predicted octanol–water partition coefficient (Wildman–Crippen LogP) is 3.62. The van der Waals surface area contributed by atoms with Gasteiger partial charge in [0.1, 0.15) is 5.75 Å². The summed E-state index contributed by atoms with van der Waals surface area (Å²) in [5, 5.41) is 3.49. The molecule has 0 saturated heterocycles. The first kappa shape index (κ1) is 22.1. The normalized spacial score (nSPS) is 13.0. The van der Waals surface area contributed by atoms with Crippen LogP contribution in [0.2, 0.25) is 5.02 Å². The van der Waals surface area contributed by atoms with E-state index >= 15 is 0 Å². The Morgan fingerprint density at radius 3 is 2.57 bits per heavy atom. The van der Waals surface area contributed by atoms with Crippen molar-refractivity contribution in [2.24, 2.45) is 11.7 Å². The van der Waals surface area contributed by atoms with E-state index in [1.54, 1.807) is 19.2 Å². The van der Waals surface area contributed by atoms with E-state index in [0.29, 0.717) is 30.3 Å². The summed E-state index contributed by atoms with van der Waals surface area (Å²) in [6, 6.07) is 12.7. The molecule has 30 heavy (non-hydrogen) atoms. The number of nitrogens with one attached hydrogen (secondary N) is 1. The van der Waals surface area contributed by atoms with Gasteiger partial charge in [0.2, 0.25) is 11.8 Å². The fourth-order valence-electron chi connectivity index (χ4n) is 3.25. The zero-order valence-electron chi connectivity index (χ0n) is 17.2. The van der Waals surface area contributed by atoms with Crippen molar-refractivity contribution >= 4 is 29.1 Å². The first-order valence-corrected chi connectivity index (χ1v) is 10.6. The summed E-state index contributed by atoms with van der Waals surface area (Å²) in [5.74, 6) is 0.923. The van der Waals surface area contributed by atoms with Crippen molar-refractivity contribution in [1.29, 1.82) is 0 Å². The maximum absolute atomic E-state index is 12.6. The molecule has 3 N–H and O–H groups in total. The third kappa shape index (κ3) is 6.21. The average molecular weight is 430 g/mol. The summed E-state index contributed by atoms with van der Waals surface area (Å²) < 4.78 is 5.14. The van der Waals surface area contributed by atoms with Gasteiger partial charge in [-0.25, -0.2) is 0 Å². The summed E-state index contributed by atoms with van der Waals surface area (Å²) >= 11 is 6.38. The van der Waals surface area contributed by atoms with E-state index in [4.69, 9.17) is 22.1 Å². The van der Waals surface area contributed by atoms with Crippen molar-refractivity contribution in [3.05, 3.63) is 58.6 Å². The number of benzene rings is 2. The minimum Gasteiger partial charge on any atom is -0.497 e. The number of carbonyl (C=O) groups is 2. The molecule has 6 nitrogen and oxygen atoms in total. The smallest absolute Gasteiger partial charge is 0.228 e. The fraction of sp³-hybridized carbons (Fsp3) is 0.391. The number of methoxy groups -OCH3 is 1. The summed E-state index contributed by atoms with van der Waals surface area (Å²) in [4.78, 5) is 26.9. The molecule has 0 aromatic heterocycles. The second-order valence-corrected chi connectivity index (χ2v) is 7.96. The van der Waals surface area contributed by atoms with Gasteiger partial charge in [-0.15, -0.1) is 0 Å². The Balaban J connectivity index is 1.65. The second-order valence-electron chi connectivity index (χ2n) is 7.56. The van der Waals surface area contributed by atoms with Gasteiger partial charge in [-0.2, -0.15) is 0 Å². The van der Waals surface area contributed by atoms with Crippen LogP contribution in [0.3, 0.4) is 0 Å². The van der Waals surface area contributed by atoms with Crippen LogP contribution >= 0.6 is 11.6 Å². The first-order chi connectivity index (χ1) is 14.5. The topological polar surface area (TPSA) is 84.7 Å². The molecule has 0 heterocycles. The van der Waals surface area contributed by atoms with Gasteiger partial charge in [-0.05, 0) is 67.3 Å². The molecular weight excluding hydrogens is 402 g/mol. The fourth-order valence-corrected chi connectivity index (χ4v) is 3.43. The van der Waals surface area contributed by atoms with E-state index in [9.17, 15) is 9.59 Å². The van der Waals surface area contributed by atoms with Crippen molar-refractivity contribution < 1.29 is 14.3 Å². The number of hydrogen-bond donors (Lipinski definition) is 2. The third-order valence-corrected chi connectivity index (χ3v) is 5.45. The highest BCUT2D eigenvalue weighted by Crippen LogP contribution is 2.32. The van der Waals surface area contributed by atoms with Gasteiger partial charge in [-0.3, -0.25) is 9.59 Å². The van der Waals surface area contributed by atoms with Gasteiger partial charge in [0, 0.05) is 29.7 Å². The van der Waals surface area contributed by atoms with E-state index in [1.807, 2.05) is 35.2 Å². The number of hydrogen-bond acceptors (Lipinski definition) is 4. The highest BCUT2D eigenvalue weighted by atomic mass is 35.5. The van der Waals surface area contributed by atoms with E-state index in [0.717, 1.165) is 36.1 Å².